The van der Waals surface area contributed by atoms with Gasteiger partial charge in [-0.05, 0) is 42.3 Å². The number of aromatic nitrogens is 1. The van der Waals surface area contributed by atoms with Gasteiger partial charge in [-0.25, -0.2) is 9.78 Å². The molecule has 0 unspecified atom stereocenters. The topological polar surface area (TPSA) is 59.5 Å². The molecule has 2 aromatic carbocycles. The highest BCUT2D eigenvalue weighted by Gasteiger charge is 2.27. The van der Waals surface area contributed by atoms with E-state index in [2.05, 4.69) is 4.98 Å². The number of hydrogen-bond donors (Lipinski definition) is 0. The fourth-order valence-corrected chi connectivity index (χ4v) is 3.18. The number of benzene rings is 2. The standard InChI is InChI=1S/C20H16N2O3/c1-25-20(24)15-7-9-18-14(12-15)10-11-22(18)19(23)17-8-6-13-4-2-3-5-16(13)21-17/h2-9,12H,10-11H2,1H3. The molecular weight excluding hydrogens is 316 g/mol. The quantitative estimate of drug-likeness (QED) is 0.676. The van der Waals surface area contributed by atoms with Crippen molar-refractivity contribution in [1.29, 1.82) is 0 Å². The van der Waals surface area contributed by atoms with E-state index in [-0.39, 0.29) is 11.9 Å². The third kappa shape index (κ3) is 2.63. The zero-order chi connectivity index (χ0) is 17.4. The first-order chi connectivity index (χ1) is 12.2. The van der Waals surface area contributed by atoms with Crippen LogP contribution in [0.5, 0.6) is 0 Å². The maximum Gasteiger partial charge on any atom is 0.337 e. The van der Waals surface area contributed by atoms with Gasteiger partial charge >= 0.3 is 5.97 Å². The number of rotatable bonds is 2. The van der Waals surface area contributed by atoms with E-state index in [4.69, 9.17) is 4.74 Å². The van der Waals surface area contributed by atoms with Crippen molar-refractivity contribution >= 4 is 28.5 Å². The van der Waals surface area contributed by atoms with E-state index in [1.165, 1.54) is 7.11 Å². The Morgan fingerprint density at radius 2 is 1.92 bits per heavy atom. The summed E-state index contributed by atoms with van der Waals surface area (Å²) in [6.45, 7) is 0.577. The Hall–Kier alpha value is -3.21. The molecule has 124 valence electrons. The van der Waals surface area contributed by atoms with Crippen molar-refractivity contribution in [2.24, 2.45) is 0 Å². The number of para-hydroxylation sites is 1. The zero-order valence-electron chi connectivity index (χ0n) is 13.7. The summed E-state index contributed by atoms with van der Waals surface area (Å²) in [4.78, 5) is 30.8. The molecule has 0 fully saturated rings. The number of carbonyl (C=O) groups is 2. The molecule has 0 saturated heterocycles. The Balaban J connectivity index is 1.67. The summed E-state index contributed by atoms with van der Waals surface area (Å²) >= 11 is 0. The summed E-state index contributed by atoms with van der Waals surface area (Å²) < 4.78 is 4.75. The first kappa shape index (κ1) is 15.3. The Bertz CT molecular complexity index is 997. The van der Waals surface area contributed by atoms with Crippen LogP contribution in [0.4, 0.5) is 5.69 Å². The Morgan fingerprint density at radius 1 is 1.08 bits per heavy atom. The van der Waals surface area contributed by atoms with Gasteiger partial charge in [0, 0.05) is 17.6 Å². The number of anilines is 1. The van der Waals surface area contributed by atoms with E-state index in [9.17, 15) is 9.59 Å². The summed E-state index contributed by atoms with van der Waals surface area (Å²) in [6, 6.07) is 16.7. The molecule has 1 aromatic heterocycles. The van der Waals surface area contributed by atoms with Crippen LogP contribution in [-0.2, 0) is 11.2 Å². The molecule has 0 saturated carbocycles. The van der Waals surface area contributed by atoms with Gasteiger partial charge in [-0.2, -0.15) is 0 Å². The minimum absolute atomic E-state index is 0.129. The average Bonchev–Trinajstić information content (AvgIpc) is 3.09. The lowest BCUT2D eigenvalue weighted by Gasteiger charge is -2.17. The van der Waals surface area contributed by atoms with Gasteiger partial charge < -0.3 is 9.64 Å². The SMILES string of the molecule is COC(=O)c1ccc2c(c1)CCN2C(=O)c1ccc2ccccc2n1. The van der Waals surface area contributed by atoms with E-state index < -0.39 is 0 Å². The molecule has 5 nitrogen and oxygen atoms in total. The molecule has 1 amide bonds. The minimum atomic E-state index is -0.372. The minimum Gasteiger partial charge on any atom is -0.465 e. The van der Waals surface area contributed by atoms with Crippen LogP contribution in [0.1, 0.15) is 26.4 Å². The molecule has 0 bridgehead atoms. The smallest absolute Gasteiger partial charge is 0.337 e. The molecular formula is C20H16N2O3. The lowest BCUT2D eigenvalue weighted by Crippen LogP contribution is -2.29. The normalized spacial score (nSPS) is 12.9. The van der Waals surface area contributed by atoms with Crippen LogP contribution in [-0.4, -0.2) is 30.5 Å². The second kappa shape index (κ2) is 6.02. The fourth-order valence-electron chi connectivity index (χ4n) is 3.18. The summed E-state index contributed by atoms with van der Waals surface area (Å²) in [7, 11) is 1.36. The number of pyridine rings is 1. The Labute approximate surface area is 144 Å². The number of hydrogen-bond acceptors (Lipinski definition) is 4. The zero-order valence-corrected chi connectivity index (χ0v) is 13.7. The maximum atomic E-state index is 12.9. The molecule has 0 spiro atoms. The molecule has 2 heterocycles. The van der Waals surface area contributed by atoms with Crippen molar-refractivity contribution in [3.63, 3.8) is 0 Å². The summed E-state index contributed by atoms with van der Waals surface area (Å²) in [6.07, 6.45) is 0.708. The number of amides is 1. The maximum absolute atomic E-state index is 12.9. The fraction of sp³-hybridized carbons (Fsp3) is 0.150. The molecule has 4 rings (SSSR count). The second-order valence-corrected chi connectivity index (χ2v) is 5.93. The highest BCUT2D eigenvalue weighted by Crippen LogP contribution is 2.30. The van der Waals surface area contributed by atoms with Gasteiger partial charge in [0.2, 0.25) is 0 Å². The van der Waals surface area contributed by atoms with Crippen molar-refractivity contribution < 1.29 is 14.3 Å². The van der Waals surface area contributed by atoms with E-state index in [0.717, 1.165) is 22.2 Å². The van der Waals surface area contributed by atoms with E-state index in [0.29, 0.717) is 24.2 Å². The van der Waals surface area contributed by atoms with Gasteiger partial charge in [-0.15, -0.1) is 0 Å². The number of ether oxygens (including phenoxy) is 1. The van der Waals surface area contributed by atoms with Crippen molar-refractivity contribution in [1.82, 2.24) is 4.98 Å². The largest absolute Gasteiger partial charge is 0.465 e. The Morgan fingerprint density at radius 3 is 2.76 bits per heavy atom. The van der Waals surface area contributed by atoms with Gasteiger partial charge in [0.1, 0.15) is 5.69 Å². The third-order valence-electron chi connectivity index (χ3n) is 4.46. The van der Waals surface area contributed by atoms with Crippen LogP contribution in [0.2, 0.25) is 0 Å². The van der Waals surface area contributed by atoms with Crippen LogP contribution in [0, 0.1) is 0 Å². The third-order valence-corrected chi connectivity index (χ3v) is 4.46. The van der Waals surface area contributed by atoms with Crippen LogP contribution < -0.4 is 4.90 Å². The lowest BCUT2D eigenvalue weighted by atomic mass is 10.1. The predicted octanol–water partition coefficient (Wildman–Crippen LogP) is 3.22. The van der Waals surface area contributed by atoms with Gasteiger partial charge in [-0.3, -0.25) is 4.79 Å². The first-order valence-corrected chi connectivity index (χ1v) is 8.06. The van der Waals surface area contributed by atoms with E-state index in [1.807, 2.05) is 30.3 Å². The highest BCUT2D eigenvalue weighted by molar-refractivity contribution is 6.07. The number of nitrogens with zero attached hydrogens (tertiary/aromatic N) is 2. The number of fused-ring (bicyclic) bond motifs is 2. The highest BCUT2D eigenvalue weighted by atomic mass is 16.5. The average molecular weight is 332 g/mol. The van der Waals surface area contributed by atoms with Gasteiger partial charge in [0.15, 0.2) is 0 Å². The molecule has 1 aliphatic rings. The molecule has 0 radical (unpaired) electrons. The summed E-state index contributed by atoms with van der Waals surface area (Å²) in [5.74, 6) is -0.501. The van der Waals surface area contributed by atoms with Crippen LogP contribution in [0.25, 0.3) is 10.9 Å². The monoisotopic (exact) mass is 332 g/mol. The second-order valence-electron chi connectivity index (χ2n) is 5.93. The predicted molar refractivity (Wildman–Crippen MR) is 94.9 cm³/mol. The van der Waals surface area contributed by atoms with Gasteiger partial charge in [-0.1, -0.05) is 24.3 Å². The number of esters is 1. The molecule has 3 aromatic rings. The van der Waals surface area contributed by atoms with Crippen LogP contribution in [0.3, 0.4) is 0 Å². The summed E-state index contributed by atoms with van der Waals surface area (Å²) in [5.41, 5.74) is 3.52. The number of carbonyl (C=O) groups excluding carboxylic acids is 2. The molecule has 1 aliphatic heterocycles. The summed E-state index contributed by atoms with van der Waals surface area (Å²) in [5, 5.41) is 1.00. The van der Waals surface area contributed by atoms with Gasteiger partial charge in [0.25, 0.3) is 5.91 Å². The van der Waals surface area contributed by atoms with Crippen LogP contribution >= 0.6 is 0 Å². The van der Waals surface area contributed by atoms with E-state index in [1.54, 1.807) is 29.2 Å². The number of methoxy groups -OCH3 is 1. The van der Waals surface area contributed by atoms with Gasteiger partial charge in [0.05, 0.1) is 18.2 Å². The van der Waals surface area contributed by atoms with Crippen molar-refractivity contribution in [3.8, 4) is 0 Å². The molecule has 5 heteroatoms. The molecule has 0 atom stereocenters. The van der Waals surface area contributed by atoms with Crippen molar-refractivity contribution in [2.75, 3.05) is 18.6 Å². The Kier molecular flexibility index (Phi) is 3.69. The molecule has 0 aliphatic carbocycles. The van der Waals surface area contributed by atoms with E-state index >= 15 is 0 Å². The molecule has 25 heavy (non-hydrogen) atoms. The van der Waals surface area contributed by atoms with Crippen molar-refractivity contribution in [3.05, 3.63) is 71.4 Å². The lowest BCUT2D eigenvalue weighted by molar-refractivity contribution is 0.0600. The molecule has 0 N–H and O–H groups in total. The van der Waals surface area contributed by atoms with Crippen LogP contribution in [0.15, 0.2) is 54.6 Å². The van der Waals surface area contributed by atoms with Crippen molar-refractivity contribution in [2.45, 2.75) is 6.42 Å². The first-order valence-electron chi connectivity index (χ1n) is 8.06.